The van der Waals surface area contributed by atoms with E-state index in [-0.39, 0.29) is 25.4 Å². The molecule has 1 aromatic carbocycles. The number of anilines is 1. The predicted molar refractivity (Wildman–Crippen MR) is 101 cm³/mol. The van der Waals surface area contributed by atoms with E-state index in [9.17, 15) is 18.0 Å². The van der Waals surface area contributed by atoms with Crippen LogP contribution < -0.4 is 4.90 Å². The molecule has 28 heavy (non-hydrogen) atoms. The Hall–Kier alpha value is -2.75. The van der Waals surface area contributed by atoms with Gasteiger partial charge in [-0.2, -0.15) is 31.8 Å². The van der Waals surface area contributed by atoms with Gasteiger partial charge in [0.15, 0.2) is 5.76 Å². The molecule has 0 unspecified atom stereocenters. The molecule has 0 radical (unpaired) electrons. The van der Waals surface area contributed by atoms with E-state index in [1.54, 1.807) is 23.9 Å². The second-order valence-electron chi connectivity index (χ2n) is 6.49. The van der Waals surface area contributed by atoms with Gasteiger partial charge in [-0.25, -0.2) is 0 Å². The molecule has 4 rings (SSSR count). The van der Waals surface area contributed by atoms with Crippen LogP contribution in [0.15, 0.2) is 41.1 Å². The number of halogens is 3. The third-order valence-corrected chi connectivity index (χ3v) is 4.51. The number of hydrogen-bond donors (Lipinski definition) is 0. The average Bonchev–Trinajstić information content (AvgIpc) is 3.24. The zero-order valence-electron chi connectivity index (χ0n) is 15.0. The van der Waals surface area contributed by atoms with Crippen molar-refractivity contribution in [2.75, 3.05) is 11.4 Å². The summed E-state index contributed by atoms with van der Waals surface area (Å²) in [5, 5.41) is 8.11. The van der Waals surface area contributed by atoms with E-state index < -0.39 is 11.7 Å². The minimum atomic E-state index is -4.42. The number of alkyl halides is 3. The summed E-state index contributed by atoms with van der Waals surface area (Å²) in [4.78, 5) is 14.5. The van der Waals surface area contributed by atoms with Crippen molar-refractivity contribution in [1.82, 2.24) is 14.9 Å². The maximum absolute atomic E-state index is 13.1. The molecular formula is C18H17F3N4O2S. The molecule has 0 saturated carbocycles. The van der Waals surface area contributed by atoms with Gasteiger partial charge in [0.2, 0.25) is 0 Å². The first-order valence-corrected chi connectivity index (χ1v) is 8.26. The van der Waals surface area contributed by atoms with Gasteiger partial charge in [0.25, 0.3) is 5.91 Å². The van der Waals surface area contributed by atoms with Crippen LogP contribution in [-0.2, 0) is 6.18 Å². The first kappa shape index (κ1) is 20.0. The highest BCUT2D eigenvalue weighted by Gasteiger charge is 2.35. The topological polar surface area (TPSA) is 64.2 Å². The SMILES string of the molecule is Cc1cc(-c2cnn3c2C(=O)N(c2ccc(C(F)(F)F)cc2)C[C@@H]3C)on1.S. The number of hydrogen-bond acceptors (Lipinski definition) is 4. The Morgan fingerprint density at radius 3 is 2.46 bits per heavy atom. The van der Waals surface area contributed by atoms with E-state index in [0.29, 0.717) is 34.9 Å². The van der Waals surface area contributed by atoms with E-state index in [2.05, 4.69) is 10.3 Å². The number of fused-ring (bicyclic) bond motifs is 1. The Bertz CT molecular complexity index is 1010. The van der Waals surface area contributed by atoms with Gasteiger partial charge in [0.05, 0.1) is 29.1 Å². The second kappa shape index (κ2) is 7.01. The number of amides is 1. The predicted octanol–water partition coefficient (Wildman–Crippen LogP) is 4.20. The van der Waals surface area contributed by atoms with Crippen LogP contribution in [-0.4, -0.2) is 27.4 Å². The Morgan fingerprint density at radius 2 is 1.89 bits per heavy atom. The molecule has 0 saturated heterocycles. The smallest absolute Gasteiger partial charge is 0.356 e. The van der Waals surface area contributed by atoms with Crippen molar-refractivity contribution >= 4 is 25.1 Å². The fourth-order valence-corrected chi connectivity index (χ4v) is 3.19. The average molecular weight is 410 g/mol. The van der Waals surface area contributed by atoms with Crippen LogP contribution in [0.3, 0.4) is 0 Å². The van der Waals surface area contributed by atoms with E-state index in [1.807, 2.05) is 6.92 Å². The molecule has 3 aromatic rings. The summed E-state index contributed by atoms with van der Waals surface area (Å²) in [5.41, 5.74) is 1.13. The number of carbonyl (C=O) groups is 1. The zero-order chi connectivity index (χ0) is 19.3. The number of carbonyl (C=O) groups excluding carboxylic acids is 1. The molecule has 0 fully saturated rings. The molecule has 10 heteroatoms. The Kier molecular flexibility index (Phi) is 5.00. The largest absolute Gasteiger partial charge is 0.416 e. The highest BCUT2D eigenvalue weighted by molar-refractivity contribution is 7.59. The molecule has 0 N–H and O–H groups in total. The number of rotatable bonds is 2. The normalized spacial score (nSPS) is 16.7. The lowest BCUT2D eigenvalue weighted by molar-refractivity contribution is -0.137. The maximum atomic E-state index is 13.1. The van der Waals surface area contributed by atoms with Crippen molar-refractivity contribution in [3.05, 3.63) is 53.5 Å². The molecule has 0 aliphatic carbocycles. The van der Waals surface area contributed by atoms with Crippen LogP contribution in [0.25, 0.3) is 11.3 Å². The third-order valence-electron chi connectivity index (χ3n) is 4.51. The third kappa shape index (κ3) is 3.28. The Labute approximate surface area is 165 Å². The quantitative estimate of drug-likeness (QED) is 0.635. The van der Waals surface area contributed by atoms with Crippen LogP contribution in [0.5, 0.6) is 0 Å². The van der Waals surface area contributed by atoms with E-state index in [0.717, 1.165) is 12.1 Å². The molecular weight excluding hydrogens is 393 g/mol. The summed E-state index contributed by atoms with van der Waals surface area (Å²) >= 11 is 0. The molecule has 1 atom stereocenters. The standard InChI is InChI=1S/C18H15F3N4O2.H2S/c1-10-7-15(27-23-10)14-8-22-25-11(2)9-24(17(26)16(14)25)13-5-3-12(4-6-13)18(19,20)21;/h3-8,11H,9H2,1-2H3;1H2/t11-;/m0./s1. The van der Waals surface area contributed by atoms with Crippen molar-refractivity contribution in [3.8, 4) is 11.3 Å². The van der Waals surface area contributed by atoms with Gasteiger partial charge in [-0.3, -0.25) is 9.48 Å². The fourth-order valence-electron chi connectivity index (χ4n) is 3.19. The first-order chi connectivity index (χ1) is 12.8. The number of benzene rings is 1. The Balaban J connectivity index is 0.00000225. The molecule has 3 heterocycles. The Morgan fingerprint density at radius 1 is 1.21 bits per heavy atom. The molecule has 1 aliphatic heterocycles. The van der Waals surface area contributed by atoms with Crippen LogP contribution in [0, 0.1) is 6.92 Å². The molecule has 1 aliphatic rings. The highest BCUT2D eigenvalue weighted by Crippen LogP contribution is 2.34. The summed E-state index contributed by atoms with van der Waals surface area (Å²) in [6.45, 7) is 3.95. The molecule has 2 aromatic heterocycles. The number of aryl methyl sites for hydroxylation is 1. The summed E-state index contributed by atoms with van der Waals surface area (Å²) < 4.78 is 45.2. The molecule has 0 spiro atoms. The van der Waals surface area contributed by atoms with Gasteiger partial charge in [-0.1, -0.05) is 5.16 Å². The summed E-state index contributed by atoms with van der Waals surface area (Å²) in [6.07, 6.45) is -2.88. The van der Waals surface area contributed by atoms with Crippen LogP contribution in [0.4, 0.5) is 18.9 Å². The van der Waals surface area contributed by atoms with E-state index in [4.69, 9.17) is 4.52 Å². The highest BCUT2D eigenvalue weighted by atomic mass is 32.1. The van der Waals surface area contributed by atoms with Gasteiger partial charge in [-0.15, -0.1) is 0 Å². The minimum Gasteiger partial charge on any atom is -0.356 e. The lowest BCUT2D eigenvalue weighted by Gasteiger charge is -2.32. The minimum absolute atomic E-state index is 0. The summed E-state index contributed by atoms with van der Waals surface area (Å²) in [7, 11) is 0. The number of aromatic nitrogens is 3. The van der Waals surface area contributed by atoms with Gasteiger partial charge >= 0.3 is 6.18 Å². The lowest BCUT2D eigenvalue weighted by atomic mass is 10.1. The van der Waals surface area contributed by atoms with E-state index >= 15 is 0 Å². The first-order valence-electron chi connectivity index (χ1n) is 8.26. The monoisotopic (exact) mass is 410 g/mol. The van der Waals surface area contributed by atoms with Crippen LogP contribution in [0.1, 0.15) is 34.7 Å². The van der Waals surface area contributed by atoms with Gasteiger partial charge in [-0.05, 0) is 38.1 Å². The van der Waals surface area contributed by atoms with Crippen molar-refractivity contribution < 1.29 is 22.5 Å². The fraction of sp³-hybridized carbons (Fsp3) is 0.278. The second-order valence-corrected chi connectivity index (χ2v) is 6.49. The summed E-state index contributed by atoms with van der Waals surface area (Å²) in [5.74, 6) is 0.0676. The van der Waals surface area contributed by atoms with Gasteiger partial charge < -0.3 is 9.42 Å². The van der Waals surface area contributed by atoms with Gasteiger partial charge in [0, 0.05) is 18.3 Å². The zero-order valence-corrected chi connectivity index (χ0v) is 16.0. The van der Waals surface area contributed by atoms with Crippen molar-refractivity contribution in [2.45, 2.75) is 26.1 Å². The molecule has 1 amide bonds. The van der Waals surface area contributed by atoms with Crippen LogP contribution in [0.2, 0.25) is 0 Å². The number of nitrogens with zero attached hydrogens (tertiary/aromatic N) is 4. The van der Waals surface area contributed by atoms with E-state index in [1.165, 1.54) is 17.0 Å². The van der Waals surface area contributed by atoms with Crippen molar-refractivity contribution in [2.24, 2.45) is 0 Å². The van der Waals surface area contributed by atoms with Crippen molar-refractivity contribution in [3.63, 3.8) is 0 Å². The van der Waals surface area contributed by atoms with Crippen molar-refractivity contribution in [1.29, 1.82) is 0 Å². The van der Waals surface area contributed by atoms with Crippen LogP contribution >= 0.6 is 13.5 Å². The molecule has 148 valence electrons. The van der Waals surface area contributed by atoms with Gasteiger partial charge in [0.1, 0.15) is 5.69 Å². The molecule has 0 bridgehead atoms. The summed E-state index contributed by atoms with van der Waals surface area (Å²) in [6, 6.07) is 6.10. The molecule has 6 nitrogen and oxygen atoms in total. The maximum Gasteiger partial charge on any atom is 0.416 e. The lowest BCUT2D eigenvalue weighted by Crippen LogP contribution is -2.42.